The number of nitrogens with two attached hydrogens (primary N) is 1. The summed E-state index contributed by atoms with van der Waals surface area (Å²) in [6.45, 7) is 1.13. The molecule has 0 aliphatic rings. The van der Waals surface area contributed by atoms with E-state index in [9.17, 15) is 9.36 Å². The van der Waals surface area contributed by atoms with E-state index in [0.717, 1.165) is 0 Å². The van der Waals surface area contributed by atoms with Gasteiger partial charge in [-0.25, -0.2) is 0 Å². The van der Waals surface area contributed by atoms with Crippen LogP contribution in [0.25, 0.3) is 0 Å². The molecule has 0 aliphatic heterocycles. The maximum absolute atomic E-state index is 10.2. The smallest absolute Gasteiger partial charge is 0.480 e. The minimum Gasteiger partial charge on any atom is -0.480 e. The van der Waals surface area contributed by atoms with Crippen LogP contribution in [0.5, 0.6) is 0 Å². The number of carboxylic acids is 1. The van der Waals surface area contributed by atoms with Crippen LogP contribution in [0.2, 0.25) is 0 Å². The van der Waals surface area contributed by atoms with Gasteiger partial charge in [0.05, 0.1) is 0 Å². The lowest BCUT2D eigenvalue weighted by Gasteiger charge is -1.98. The first-order chi connectivity index (χ1) is 4.54. The molecular weight excluding hydrogens is 157 g/mol. The van der Waals surface area contributed by atoms with Crippen LogP contribution in [0.15, 0.2) is 0 Å². The number of rotatable bonds is 4. The molecule has 2 atom stereocenters. The fourth-order valence-corrected chi connectivity index (χ4v) is 0.627. The fourth-order valence-electron chi connectivity index (χ4n) is 0.257. The van der Waals surface area contributed by atoms with Gasteiger partial charge in [0.15, 0.2) is 6.66 Å². The first-order valence-corrected chi connectivity index (χ1v) is 4.18. The summed E-state index contributed by atoms with van der Waals surface area (Å²) in [5.41, 5.74) is 5.01. The van der Waals surface area contributed by atoms with E-state index < -0.39 is 20.0 Å². The zero-order valence-corrected chi connectivity index (χ0v) is 6.38. The zero-order valence-electron chi connectivity index (χ0n) is 5.48. The van der Waals surface area contributed by atoms with E-state index in [-0.39, 0.29) is 6.61 Å². The highest BCUT2D eigenvalue weighted by Crippen LogP contribution is 2.14. The minimum atomic E-state index is -1.75. The molecule has 0 aromatic rings. The highest BCUT2D eigenvalue weighted by Gasteiger charge is 2.16. The van der Waals surface area contributed by atoms with Crippen LogP contribution >= 0.6 is 8.03 Å². The first kappa shape index (κ1) is 9.49. The van der Waals surface area contributed by atoms with E-state index >= 15 is 0 Å². The zero-order chi connectivity index (χ0) is 8.15. The van der Waals surface area contributed by atoms with Gasteiger partial charge in [0.1, 0.15) is 12.6 Å². The first-order valence-electron chi connectivity index (χ1n) is 2.56. The Balaban J connectivity index is 3.49. The fraction of sp³-hybridized carbons (Fsp3) is 0.750. The maximum atomic E-state index is 10.2. The second-order valence-electron chi connectivity index (χ2n) is 1.68. The molecule has 10 heavy (non-hydrogen) atoms. The number of aliphatic carboxylic acids is 1. The Morgan fingerprint density at radius 1 is 1.90 bits per heavy atom. The minimum absolute atomic E-state index is 0.207. The molecule has 2 unspecified atom stereocenters. The number of hydrogen-bond donors (Lipinski definition) is 2. The van der Waals surface area contributed by atoms with Gasteiger partial charge in [-0.05, 0) is 4.57 Å². The lowest BCUT2D eigenvalue weighted by atomic mass is 10.3. The van der Waals surface area contributed by atoms with Crippen molar-refractivity contribution in [1.82, 2.24) is 0 Å². The number of carbonyl (C=O) groups is 1. The molecule has 0 fully saturated rings. The molecule has 0 aromatic heterocycles. The largest absolute Gasteiger partial charge is 0.504 e. The van der Waals surface area contributed by atoms with Crippen molar-refractivity contribution in [3.63, 3.8) is 0 Å². The molecule has 6 heteroatoms. The molecule has 0 heterocycles. The third-order valence-electron chi connectivity index (χ3n) is 0.753. The van der Waals surface area contributed by atoms with Gasteiger partial charge in [-0.2, -0.15) is 0 Å². The SMILES string of the molecule is C[P+](=O)OCC(N)C(=O)O. The van der Waals surface area contributed by atoms with Crippen molar-refractivity contribution in [2.45, 2.75) is 6.04 Å². The normalized spacial score (nSPS) is 14.4. The topological polar surface area (TPSA) is 89.6 Å². The van der Waals surface area contributed by atoms with Crippen LogP contribution in [0.4, 0.5) is 0 Å². The standard InChI is InChI=1S/C4H8NO4P/c1-10(8)9-2-3(5)4(6)7/h3H,2,5H2,1H3/p+1. The molecule has 3 N–H and O–H groups in total. The Morgan fingerprint density at radius 3 is 2.70 bits per heavy atom. The Morgan fingerprint density at radius 2 is 2.40 bits per heavy atom. The summed E-state index contributed by atoms with van der Waals surface area (Å²) in [7, 11) is -1.75. The second kappa shape index (κ2) is 4.33. The molecule has 5 nitrogen and oxygen atoms in total. The highest BCUT2D eigenvalue weighted by molar-refractivity contribution is 7.38. The van der Waals surface area contributed by atoms with E-state index in [1.165, 1.54) is 6.66 Å². The van der Waals surface area contributed by atoms with Gasteiger partial charge in [0, 0.05) is 0 Å². The van der Waals surface area contributed by atoms with Gasteiger partial charge in [-0.3, -0.25) is 4.79 Å². The average Bonchev–Trinajstić information content (AvgIpc) is 1.82. The van der Waals surface area contributed by atoms with Crippen molar-refractivity contribution in [3.05, 3.63) is 0 Å². The predicted molar refractivity (Wildman–Crippen MR) is 35.1 cm³/mol. The number of carboxylic acid groups (broad SMARTS) is 1. The second-order valence-corrected chi connectivity index (χ2v) is 2.82. The van der Waals surface area contributed by atoms with Crippen LogP contribution in [-0.4, -0.2) is 30.4 Å². The summed E-state index contributed by atoms with van der Waals surface area (Å²) in [6.07, 6.45) is 0. The van der Waals surface area contributed by atoms with Gasteiger partial charge in [-0.15, -0.1) is 4.52 Å². The van der Waals surface area contributed by atoms with E-state index in [4.69, 9.17) is 10.8 Å². The van der Waals surface area contributed by atoms with Crippen molar-refractivity contribution in [2.75, 3.05) is 13.3 Å². The van der Waals surface area contributed by atoms with Crippen molar-refractivity contribution in [3.8, 4) is 0 Å². The molecule has 0 aliphatic carbocycles. The summed E-state index contributed by atoms with van der Waals surface area (Å²) < 4.78 is 14.7. The van der Waals surface area contributed by atoms with Crippen molar-refractivity contribution in [2.24, 2.45) is 5.73 Å². The molecule has 58 valence electrons. The summed E-state index contributed by atoms with van der Waals surface area (Å²) in [4.78, 5) is 10.0. The Labute approximate surface area is 59.0 Å². The number of hydrogen-bond acceptors (Lipinski definition) is 4. The molecule has 0 aromatic carbocycles. The van der Waals surface area contributed by atoms with Crippen molar-refractivity contribution < 1.29 is 19.0 Å². The predicted octanol–water partition coefficient (Wildman–Crippen LogP) is -0.213. The van der Waals surface area contributed by atoms with E-state index in [1.807, 2.05) is 0 Å². The summed E-state index contributed by atoms with van der Waals surface area (Å²) in [5.74, 6) is -1.16. The quantitative estimate of drug-likeness (QED) is 0.564. The van der Waals surface area contributed by atoms with Gasteiger partial charge < -0.3 is 10.8 Å². The monoisotopic (exact) mass is 166 g/mol. The summed E-state index contributed by atoms with van der Waals surface area (Å²) in [5, 5.41) is 8.20. The van der Waals surface area contributed by atoms with Gasteiger partial charge >= 0.3 is 14.0 Å². The Kier molecular flexibility index (Phi) is 4.11. The average molecular weight is 166 g/mol. The lowest BCUT2D eigenvalue weighted by molar-refractivity contribution is -0.139. The van der Waals surface area contributed by atoms with E-state index in [0.29, 0.717) is 0 Å². The van der Waals surface area contributed by atoms with Crippen LogP contribution < -0.4 is 5.73 Å². The van der Waals surface area contributed by atoms with Crippen molar-refractivity contribution in [1.29, 1.82) is 0 Å². The van der Waals surface area contributed by atoms with Crippen LogP contribution in [-0.2, 0) is 13.9 Å². The maximum Gasteiger partial charge on any atom is 0.504 e. The van der Waals surface area contributed by atoms with Crippen molar-refractivity contribution >= 4 is 14.0 Å². The van der Waals surface area contributed by atoms with Gasteiger partial charge in [0.25, 0.3) is 0 Å². The molecule has 0 rings (SSSR count). The third-order valence-corrected chi connectivity index (χ3v) is 1.27. The summed E-state index contributed by atoms with van der Waals surface area (Å²) >= 11 is 0. The van der Waals surface area contributed by atoms with Gasteiger partial charge in [0.2, 0.25) is 0 Å². The Bertz CT molecular complexity index is 148. The van der Waals surface area contributed by atoms with E-state index in [1.54, 1.807) is 0 Å². The molecular formula is C4H9NO4P+. The van der Waals surface area contributed by atoms with E-state index in [2.05, 4.69) is 4.52 Å². The summed E-state index contributed by atoms with van der Waals surface area (Å²) in [6, 6.07) is -1.08. The van der Waals surface area contributed by atoms with Crippen LogP contribution in [0, 0.1) is 0 Å². The van der Waals surface area contributed by atoms with Crippen LogP contribution in [0.1, 0.15) is 0 Å². The molecule has 0 amide bonds. The van der Waals surface area contributed by atoms with Crippen LogP contribution in [0.3, 0.4) is 0 Å². The highest BCUT2D eigenvalue weighted by atomic mass is 31.1. The lowest BCUT2D eigenvalue weighted by Crippen LogP contribution is -2.34. The third kappa shape index (κ3) is 4.38. The molecule has 0 saturated heterocycles. The molecule has 0 spiro atoms. The molecule has 0 saturated carbocycles. The molecule has 0 bridgehead atoms. The van der Waals surface area contributed by atoms with Gasteiger partial charge in [-0.1, -0.05) is 0 Å². The molecule has 0 radical (unpaired) electrons. The Hall–Kier alpha value is -0.510.